The van der Waals surface area contributed by atoms with Gasteiger partial charge in [-0.1, -0.05) is 30.3 Å². The molecule has 0 radical (unpaired) electrons. The number of aliphatic hydroxyl groups is 1. The molecule has 0 saturated carbocycles. The summed E-state index contributed by atoms with van der Waals surface area (Å²) >= 11 is 0. The normalized spacial score (nSPS) is 32.9. The van der Waals surface area contributed by atoms with Gasteiger partial charge in [0.15, 0.2) is 6.29 Å². The van der Waals surface area contributed by atoms with Crippen LogP contribution in [0.5, 0.6) is 0 Å². The lowest BCUT2D eigenvalue weighted by molar-refractivity contribution is -0.251. The van der Waals surface area contributed by atoms with Crippen LogP contribution in [0.1, 0.15) is 18.8 Å². The molecule has 0 atom stereocenters. The highest BCUT2D eigenvalue weighted by atomic mass is 16.7. The van der Waals surface area contributed by atoms with Crippen LogP contribution >= 0.6 is 0 Å². The molecular weight excluding hydrogens is 180 g/mol. The maximum absolute atomic E-state index is 9.59. The van der Waals surface area contributed by atoms with E-state index < -0.39 is 5.60 Å². The first-order valence-electron chi connectivity index (χ1n) is 4.68. The zero-order chi connectivity index (χ0) is 10.0. The predicted molar refractivity (Wildman–Crippen MR) is 51.7 cm³/mol. The minimum atomic E-state index is -0.856. The molecule has 1 aromatic carbocycles. The Labute approximate surface area is 83.3 Å². The average Bonchev–Trinajstić information content (AvgIpc) is 2.19. The molecular formula is C11H14O3. The fourth-order valence-corrected chi connectivity index (χ4v) is 1.40. The Hall–Kier alpha value is -0.900. The Balaban J connectivity index is 2.03. The van der Waals surface area contributed by atoms with E-state index in [0.29, 0.717) is 13.2 Å². The second-order valence-electron chi connectivity index (χ2n) is 3.86. The van der Waals surface area contributed by atoms with Gasteiger partial charge in [-0.25, -0.2) is 0 Å². The summed E-state index contributed by atoms with van der Waals surface area (Å²) in [6.07, 6.45) is -0.337. The van der Waals surface area contributed by atoms with Crippen molar-refractivity contribution in [2.24, 2.45) is 0 Å². The second kappa shape index (κ2) is 3.69. The van der Waals surface area contributed by atoms with Crippen LogP contribution in [0.3, 0.4) is 0 Å². The molecule has 3 nitrogen and oxygen atoms in total. The Bertz CT molecular complexity index is 285. The van der Waals surface area contributed by atoms with Crippen molar-refractivity contribution in [3.8, 4) is 0 Å². The fourth-order valence-electron chi connectivity index (χ4n) is 1.40. The van der Waals surface area contributed by atoms with Gasteiger partial charge in [0.1, 0.15) is 5.60 Å². The van der Waals surface area contributed by atoms with Crippen LogP contribution in [0, 0.1) is 0 Å². The van der Waals surface area contributed by atoms with Crippen molar-refractivity contribution < 1.29 is 14.6 Å². The molecule has 14 heavy (non-hydrogen) atoms. The average molecular weight is 194 g/mol. The van der Waals surface area contributed by atoms with Crippen LogP contribution in [0.2, 0.25) is 0 Å². The van der Waals surface area contributed by atoms with Gasteiger partial charge in [0.2, 0.25) is 0 Å². The highest BCUT2D eigenvalue weighted by Crippen LogP contribution is 2.26. The molecule has 3 heteroatoms. The predicted octanol–water partition coefficient (Wildman–Crippen LogP) is 1.48. The van der Waals surface area contributed by atoms with Crippen LogP contribution in [0.25, 0.3) is 0 Å². The summed E-state index contributed by atoms with van der Waals surface area (Å²) in [5.41, 5.74) is 0.133. The minimum absolute atomic E-state index is 0.312. The first kappa shape index (κ1) is 9.65. The first-order valence-corrected chi connectivity index (χ1v) is 4.68. The van der Waals surface area contributed by atoms with Crippen LogP contribution in [0.15, 0.2) is 30.3 Å². The summed E-state index contributed by atoms with van der Waals surface area (Å²) in [7, 11) is 0. The van der Waals surface area contributed by atoms with Crippen LogP contribution < -0.4 is 0 Å². The Morgan fingerprint density at radius 1 is 1.21 bits per heavy atom. The summed E-state index contributed by atoms with van der Waals surface area (Å²) < 4.78 is 10.8. The van der Waals surface area contributed by atoms with E-state index in [1.165, 1.54) is 0 Å². The number of hydrogen-bond donors (Lipinski definition) is 1. The zero-order valence-electron chi connectivity index (χ0n) is 8.14. The molecule has 1 N–H and O–H groups in total. The second-order valence-corrected chi connectivity index (χ2v) is 3.86. The van der Waals surface area contributed by atoms with E-state index >= 15 is 0 Å². The molecule has 1 aromatic rings. The Kier molecular flexibility index (Phi) is 2.54. The van der Waals surface area contributed by atoms with Crippen molar-refractivity contribution in [3.05, 3.63) is 35.9 Å². The molecule has 0 spiro atoms. The molecule has 1 aliphatic rings. The quantitative estimate of drug-likeness (QED) is 0.736. The van der Waals surface area contributed by atoms with Crippen LogP contribution in [-0.2, 0) is 9.47 Å². The van der Waals surface area contributed by atoms with Gasteiger partial charge in [-0.3, -0.25) is 0 Å². The van der Waals surface area contributed by atoms with E-state index in [9.17, 15) is 5.11 Å². The molecule has 1 aliphatic heterocycles. The lowest BCUT2D eigenvalue weighted by Crippen LogP contribution is -2.42. The molecule has 1 heterocycles. The van der Waals surface area contributed by atoms with Gasteiger partial charge in [0, 0.05) is 5.56 Å². The monoisotopic (exact) mass is 194 g/mol. The van der Waals surface area contributed by atoms with Gasteiger partial charge in [0.05, 0.1) is 13.2 Å². The number of hydrogen-bond acceptors (Lipinski definition) is 3. The van der Waals surface area contributed by atoms with Crippen molar-refractivity contribution in [1.82, 2.24) is 0 Å². The number of rotatable bonds is 1. The molecule has 1 saturated heterocycles. The van der Waals surface area contributed by atoms with E-state index in [4.69, 9.17) is 9.47 Å². The number of ether oxygens (including phenoxy) is 2. The zero-order valence-corrected chi connectivity index (χ0v) is 8.14. The largest absolute Gasteiger partial charge is 0.385 e. The third kappa shape index (κ3) is 2.12. The first-order chi connectivity index (χ1) is 6.67. The summed E-state index contributed by atoms with van der Waals surface area (Å²) in [4.78, 5) is 0. The SMILES string of the molecule is CC1(O)COC(c2ccccc2)OC1. The third-order valence-corrected chi connectivity index (χ3v) is 2.16. The van der Waals surface area contributed by atoms with Gasteiger partial charge in [-0.2, -0.15) is 0 Å². The molecule has 0 amide bonds. The van der Waals surface area contributed by atoms with Gasteiger partial charge in [-0.15, -0.1) is 0 Å². The molecule has 76 valence electrons. The fraction of sp³-hybridized carbons (Fsp3) is 0.455. The van der Waals surface area contributed by atoms with Crippen molar-refractivity contribution in [2.45, 2.75) is 18.8 Å². The lowest BCUT2D eigenvalue weighted by Gasteiger charge is -2.33. The summed E-state index contributed by atoms with van der Waals surface area (Å²) in [6.45, 7) is 2.33. The van der Waals surface area contributed by atoms with Gasteiger partial charge in [0.25, 0.3) is 0 Å². The van der Waals surface area contributed by atoms with E-state index in [1.807, 2.05) is 30.3 Å². The third-order valence-electron chi connectivity index (χ3n) is 2.16. The smallest absolute Gasteiger partial charge is 0.184 e. The van der Waals surface area contributed by atoms with Crippen molar-refractivity contribution in [3.63, 3.8) is 0 Å². The molecule has 2 rings (SSSR count). The van der Waals surface area contributed by atoms with E-state index in [-0.39, 0.29) is 6.29 Å². The van der Waals surface area contributed by atoms with E-state index in [1.54, 1.807) is 6.92 Å². The highest BCUT2D eigenvalue weighted by molar-refractivity contribution is 5.16. The Morgan fingerprint density at radius 2 is 1.79 bits per heavy atom. The summed E-state index contributed by atoms with van der Waals surface area (Å²) in [5, 5.41) is 9.59. The molecule has 0 bridgehead atoms. The topological polar surface area (TPSA) is 38.7 Å². The summed E-state index contributed by atoms with van der Waals surface area (Å²) in [5.74, 6) is 0. The van der Waals surface area contributed by atoms with Crippen LogP contribution in [-0.4, -0.2) is 23.9 Å². The molecule has 0 aromatic heterocycles. The maximum Gasteiger partial charge on any atom is 0.184 e. The highest BCUT2D eigenvalue weighted by Gasteiger charge is 2.30. The Morgan fingerprint density at radius 3 is 2.36 bits per heavy atom. The maximum atomic E-state index is 9.59. The van der Waals surface area contributed by atoms with Crippen molar-refractivity contribution >= 4 is 0 Å². The minimum Gasteiger partial charge on any atom is -0.385 e. The van der Waals surface area contributed by atoms with Crippen molar-refractivity contribution in [1.29, 1.82) is 0 Å². The lowest BCUT2D eigenvalue weighted by atomic mass is 10.1. The molecule has 1 fully saturated rings. The number of benzene rings is 1. The van der Waals surface area contributed by atoms with Gasteiger partial charge < -0.3 is 14.6 Å². The molecule has 0 aliphatic carbocycles. The van der Waals surface area contributed by atoms with Crippen molar-refractivity contribution in [2.75, 3.05) is 13.2 Å². The van der Waals surface area contributed by atoms with Gasteiger partial charge in [-0.05, 0) is 6.92 Å². The van der Waals surface area contributed by atoms with E-state index in [2.05, 4.69) is 0 Å². The molecule has 0 unspecified atom stereocenters. The standard InChI is InChI=1S/C11H14O3/c1-11(12)7-13-10(14-8-11)9-5-3-2-4-6-9/h2-6,10,12H,7-8H2,1H3. The summed E-state index contributed by atoms with van der Waals surface area (Å²) in [6, 6.07) is 9.72. The van der Waals surface area contributed by atoms with E-state index in [0.717, 1.165) is 5.56 Å². The van der Waals surface area contributed by atoms with Gasteiger partial charge >= 0.3 is 0 Å². The van der Waals surface area contributed by atoms with Crippen LogP contribution in [0.4, 0.5) is 0 Å².